The first-order chi connectivity index (χ1) is 12.8. The number of nitrogens with two attached hydrogens (primary N) is 1. The summed E-state index contributed by atoms with van der Waals surface area (Å²) in [5, 5.41) is 1.30. The van der Waals surface area contributed by atoms with Gasteiger partial charge in [-0.15, -0.1) is 0 Å². The molecule has 3 aromatic rings. The highest BCUT2D eigenvalue weighted by molar-refractivity contribution is 8.24. The number of aromatic amines is 1. The van der Waals surface area contributed by atoms with Crippen LogP contribution in [0.4, 0.5) is 0 Å². The van der Waals surface area contributed by atoms with Crippen molar-refractivity contribution >= 4 is 39.0 Å². The van der Waals surface area contributed by atoms with Gasteiger partial charge in [0.2, 0.25) is 0 Å². The maximum absolute atomic E-state index is 12.0. The fraction of sp³-hybridized carbons (Fsp3) is 0.263. The maximum Gasteiger partial charge on any atom is 0.250 e. The Bertz CT molecular complexity index is 1020. The number of hydrogen-bond acceptors (Lipinski definition) is 4. The first kappa shape index (κ1) is 18.3. The number of halogens is 1. The van der Waals surface area contributed by atoms with Gasteiger partial charge in [0.1, 0.15) is 5.15 Å². The smallest absolute Gasteiger partial charge is 0.250 e. The van der Waals surface area contributed by atoms with Crippen molar-refractivity contribution in [3.05, 3.63) is 52.9 Å². The number of primary amides is 1. The lowest BCUT2D eigenvalue weighted by molar-refractivity contribution is 0.100. The summed E-state index contributed by atoms with van der Waals surface area (Å²) < 4.78 is 19.8. The van der Waals surface area contributed by atoms with Gasteiger partial charge in [0.05, 0.1) is 11.1 Å². The SMILES string of the molecule is NC(=O)c1cc(-c2ccnc(Cl)c2)cc2c(C3CCS(O)(O)CC3)c[nH]c12. The van der Waals surface area contributed by atoms with Crippen LogP contribution in [0, 0.1) is 0 Å². The van der Waals surface area contributed by atoms with Crippen LogP contribution in [0.25, 0.3) is 22.0 Å². The van der Waals surface area contributed by atoms with E-state index in [1.165, 1.54) is 0 Å². The number of pyridine rings is 1. The molecule has 1 aliphatic heterocycles. The summed E-state index contributed by atoms with van der Waals surface area (Å²) in [5.74, 6) is 0.517. The molecule has 0 saturated carbocycles. The molecule has 3 heterocycles. The minimum atomic E-state index is -2.44. The van der Waals surface area contributed by atoms with E-state index in [-0.39, 0.29) is 5.92 Å². The monoisotopic (exact) mass is 405 g/mol. The molecule has 2 aromatic heterocycles. The van der Waals surface area contributed by atoms with Gasteiger partial charge in [-0.2, -0.15) is 10.6 Å². The number of aromatic nitrogens is 2. The maximum atomic E-state index is 12.0. The third-order valence-corrected chi connectivity index (χ3v) is 7.16. The summed E-state index contributed by atoms with van der Waals surface area (Å²) in [7, 11) is -2.44. The van der Waals surface area contributed by atoms with E-state index in [0.717, 1.165) is 22.1 Å². The van der Waals surface area contributed by atoms with Crippen LogP contribution < -0.4 is 5.73 Å². The van der Waals surface area contributed by atoms with Gasteiger partial charge < -0.3 is 10.7 Å². The van der Waals surface area contributed by atoms with Crippen LogP contribution in [0.15, 0.2) is 36.7 Å². The summed E-state index contributed by atoms with van der Waals surface area (Å²) in [6.45, 7) is 0. The van der Waals surface area contributed by atoms with E-state index in [2.05, 4.69) is 9.97 Å². The normalized spacial score (nSPS) is 18.5. The average Bonchev–Trinajstić information content (AvgIpc) is 3.04. The first-order valence-corrected chi connectivity index (χ1v) is 10.9. The van der Waals surface area contributed by atoms with Crippen LogP contribution >= 0.6 is 22.2 Å². The molecule has 1 amide bonds. The molecular formula is C19H20ClN3O3S. The quantitative estimate of drug-likeness (QED) is 0.476. The summed E-state index contributed by atoms with van der Waals surface area (Å²) in [6.07, 6.45) is 4.93. The van der Waals surface area contributed by atoms with Crippen molar-refractivity contribution in [1.29, 1.82) is 0 Å². The second kappa shape index (κ2) is 6.83. The second-order valence-corrected chi connectivity index (χ2v) is 9.71. The Labute approximate surface area is 163 Å². The van der Waals surface area contributed by atoms with E-state index in [1.54, 1.807) is 18.3 Å². The number of benzene rings is 1. The fourth-order valence-corrected chi connectivity index (χ4v) is 5.46. The third kappa shape index (κ3) is 3.55. The fourth-order valence-electron chi connectivity index (χ4n) is 3.75. The Kier molecular flexibility index (Phi) is 4.63. The van der Waals surface area contributed by atoms with E-state index >= 15 is 0 Å². The number of nitrogens with zero attached hydrogens (tertiary/aromatic N) is 1. The number of nitrogens with one attached hydrogen (secondary N) is 1. The van der Waals surface area contributed by atoms with Crippen molar-refractivity contribution < 1.29 is 13.9 Å². The largest absolute Gasteiger partial charge is 0.366 e. The predicted octanol–water partition coefficient (Wildman–Crippen LogP) is 4.61. The molecule has 0 atom stereocenters. The summed E-state index contributed by atoms with van der Waals surface area (Å²) >= 11 is 6.02. The average molecular weight is 406 g/mol. The molecule has 1 saturated heterocycles. The van der Waals surface area contributed by atoms with Crippen LogP contribution in [0.1, 0.15) is 34.7 Å². The number of rotatable bonds is 3. The summed E-state index contributed by atoms with van der Waals surface area (Å²) in [4.78, 5) is 19.2. The molecule has 0 bridgehead atoms. The molecule has 8 heteroatoms. The molecule has 6 nitrogen and oxygen atoms in total. The molecule has 1 fully saturated rings. The van der Waals surface area contributed by atoms with Gasteiger partial charge in [-0.1, -0.05) is 11.6 Å². The summed E-state index contributed by atoms with van der Waals surface area (Å²) in [6, 6.07) is 7.36. The lowest BCUT2D eigenvalue weighted by Gasteiger charge is -2.39. The van der Waals surface area contributed by atoms with E-state index in [1.807, 2.05) is 18.3 Å². The Balaban J connectivity index is 1.84. The number of H-pyrrole nitrogens is 1. The first-order valence-electron chi connectivity index (χ1n) is 8.64. The number of carbonyl (C=O) groups is 1. The molecule has 4 rings (SSSR count). The van der Waals surface area contributed by atoms with Crippen molar-refractivity contribution in [2.45, 2.75) is 18.8 Å². The van der Waals surface area contributed by atoms with Crippen LogP contribution in [0.3, 0.4) is 0 Å². The van der Waals surface area contributed by atoms with E-state index < -0.39 is 16.5 Å². The molecular weight excluding hydrogens is 386 g/mol. The van der Waals surface area contributed by atoms with Crippen molar-refractivity contribution in [2.24, 2.45) is 5.73 Å². The molecule has 0 unspecified atom stereocenters. The van der Waals surface area contributed by atoms with Crippen molar-refractivity contribution in [1.82, 2.24) is 9.97 Å². The predicted molar refractivity (Wildman–Crippen MR) is 110 cm³/mol. The molecule has 1 aromatic carbocycles. The van der Waals surface area contributed by atoms with E-state index in [9.17, 15) is 13.9 Å². The van der Waals surface area contributed by atoms with E-state index in [0.29, 0.717) is 40.6 Å². The van der Waals surface area contributed by atoms with Crippen LogP contribution in [-0.4, -0.2) is 36.5 Å². The van der Waals surface area contributed by atoms with Gasteiger partial charge in [-0.3, -0.25) is 13.9 Å². The number of hydrogen-bond donors (Lipinski definition) is 4. The Morgan fingerprint density at radius 1 is 1.22 bits per heavy atom. The summed E-state index contributed by atoms with van der Waals surface area (Å²) in [5.41, 5.74) is 9.50. The molecule has 142 valence electrons. The van der Waals surface area contributed by atoms with Crippen molar-refractivity contribution in [3.8, 4) is 11.1 Å². The molecule has 0 aliphatic carbocycles. The van der Waals surface area contributed by atoms with Crippen molar-refractivity contribution in [2.75, 3.05) is 11.5 Å². The standard InChI is InChI=1S/C19H20ClN3O3S/c20-17-9-12(1-4-22-17)13-7-14-16(11-2-5-27(25,26)6-3-11)10-23-18(14)15(8-13)19(21)24/h1,4,7-11,23,25-26H,2-3,5-6H2,(H2,21,24). The minimum Gasteiger partial charge on any atom is -0.366 e. The lowest BCUT2D eigenvalue weighted by Crippen LogP contribution is -2.19. The molecule has 0 radical (unpaired) electrons. The third-order valence-electron chi connectivity index (χ3n) is 5.17. The highest BCUT2D eigenvalue weighted by Crippen LogP contribution is 2.49. The second-order valence-electron chi connectivity index (χ2n) is 6.91. The van der Waals surface area contributed by atoms with Gasteiger partial charge in [-0.05, 0) is 59.7 Å². The molecule has 1 aliphatic rings. The molecule has 5 N–H and O–H groups in total. The van der Waals surface area contributed by atoms with Gasteiger partial charge in [0, 0.05) is 29.3 Å². The molecule has 27 heavy (non-hydrogen) atoms. The van der Waals surface area contributed by atoms with Crippen LogP contribution in [0.5, 0.6) is 0 Å². The highest BCUT2D eigenvalue weighted by Gasteiger charge is 2.27. The van der Waals surface area contributed by atoms with Gasteiger partial charge in [-0.25, -0.2) is 4.98 Å². The Morgan fingerprint density at radius 3 is 2.63 bits per heavy atom. The van der Waals surface area contributed by atoms with E-state index in [4.69, 9.17) is 17.3 Å². The zero-order valence-electron chi connectivity index (χ0n) is 14.5. The zero-order chi connectivity index (χ0) is 19.2. The van der Waals surface area contributed by atoms with Crippen LogP contribution in [-0.2, 0) is 0 Å². The Hall–Kier alpha value is -2.06. The van der Waals surface area contributed by atoms with Gasteiger partial charge in [0.25, 0.3) is 5.91 Å². The number of amides is 1. The number of carbonyl (C=O) groups excluding carboxylic acids is 1. The van der Waals surface area contributed by atoms with Crippen molar-refractivity contribution in [3.63, 3.8) is 0 Å². The lowest BCUT2D eigenvalue weighted by atomic mass is 9.91. The Morgan fingerprint density at radius 2 is 1.96 bits per heavy atom. The van der Waals surface area contributed by atoms with Gasteiger partial charge >= 0.3 is 0 Å². The zero-order valence-corrected chi connectivity index (χ0v) is 16.1. The number of fused-ring (bicyclic) bond motifs is 1. The molecule has 0 spiro atoms. The van der Waals surface area contributed by atoms with Crippen LogP contribution in [0.2, 0.25) is 5.15 Å². The topological polar surface area (TPSA) is 112 Å². The van der Waals surface area contributed by atoms with Gasteiger partial charge in [0.15, 0.2) is 0 Å². The minimum absolute atomic E-state index is 0.204. The highest BCUT2D eigenvalue weighted by atomic mass is 35.5.